The quantitative estimate of drug-likeness (QED) is 0.511. The van der Waals surface area contributed by atoms with E-state index >= 15 is 0 Å². The van der Waals surface area contributed by atoms with Crippen molar-refractivity contribution in [3.8, 4) is 0 Å². The third-order valence-corrected chi connectivity index (χ3v) is 3.98. The Morgan fingerprint density at radius 1 is 1.40 bits per heavy atom. The highest BCUT2D eigenvalue weighted by Crippen LogP contribution is 2.20. The number of anilines is 1. The van der Waals surface area contributed by atoms with Crippen LogP contribution in [0.15, 0.2) is 40.9 Å². The van der Waals surface area contributed by atoms with Crippen molar-refractivity contribution in [3.63, 3.8) is 0 Å². The summed E-state index contributed by atoms with van der Waals surface area (Å²) >= 11 is 1.44. The maximum Gasteiger partial charge on any atom is 0.266 e. The molecule has 0 aliphatic carbocycles. The molecule has 2 rings (SSSR count). The molecule has 4 nitrogen and oxygen atoms in total. The number of rotatable bonds is 4. The molecule has 0 bridgehead atoms. The number of nitrogens with one attached hydrogen (secondary N) is 1. The Balaban J connectivity index is 2.20. The molecule has 2 N–H and O–H groups in total. The number of carbonyl (C=O) groups excluding carboxylic acids is 1. The summed E-state index contributed by atoms with van der Waals surface area (Å²) in [5.74, 6) is -0.104. The van der Waals surface area contributed by atoms with Gasteiger partial charge in [-0.25, -0.2) is 0 Å². The molecule has 0 aliphatic rings. The first-order valence-electron chi connectivity index (χ1n) is 6.32. The predicted molar refractivity (Wildman–Crippen MR) is 82.1 cm³/mol. The topological polar surface area (TPSA) is 61.7 Å². The number of carbonyl (C=O) groups is 1. The van der Waals surface area contributed by atoms with Crippen LogP contribution in [-0.4, -0.2) is 16.8 Å². The standard InChI is InChI=1S/C15H16N2O2S/c1-3-11-7-8-20-14(11)15(18)16-13-6-4-5-12(9-13)10(2)17-19/h4-9,19H,3H2,1-2H3,(H,16,18)/b17-10+. The third kappa shape index (κ3) is 3.05. The zero-order valence-electron chi connectivity index (χ0n) is 11.4. The van der Waals surface area contributed by atoms with Crippen LogP contribution in [0.4, 0.5) is 5.69 Å². The van der Waals surface area contributed by atoms with Crippen LogP contribution >= 0.6 is 11.3 Å². The van der Waals surface area contributed by atoms with E-state index in [1.807, 2.05) is 36.6 Å². The lowest BCUT2D eigenvalue weighted by Crippen LogP contribution is -2.12. The van der Waals surface area contributed by atoms with Gasteiger partial charge in [0.25, 0.3) is 5.91 Å². The zero-order valence-corrected chi connectivity index (χ0v) is 12.2. The Bertz CT molecular complexity index is 647. The number of oxime groups is 1. The second kappa shape index (κ2) is 6.34. The van der Waals surface area contributed by atoms with E-state index in [0.717, 1.165) is 22.4 Å². The number of nitrogens with zero attached hydrogens (tertiary/aromatic N) is 1. The van der Waals surface area contributed by atoms with Crippen molar-refractivity contribution in [2.75, 3.05) is 5.32 Å². The highest BCUT2D eigenvalue weighted by molar-refractivity contribution is 7.12. The van der Waals surface area contributed by atoms with Crippen LogP contribution in [0.2, 0.25) is 0 Å². The molecule has 0 atom stereocenters. The van der Waals surface area contributed by atoms with Crippen molar-refractivity contribution in [2.45, 2.75) is 20.3 Å². The smallest absolute Gasteiger partial charge is 0.266 e. The van der Waals surface area contributed by atoms with Gasteiger partial charge in [-0.1, -0.05) is 24.2 Å². The molecule has 0 aliphatic heterocycles. The van der Waals surface area contributed by atoms with E-state index in [0.29, 0.717) is 11.4 Å². The Kier molecular flexibility index (Phi) is 4.53. The molecule has 20 heavy (non-hydrogen) atoms. The summed E-state index contributed by atoms with van der Waals surface area (Å²) in [7, 11) is 0. The molecule has 1 heterocycles. The van der Waals surface area contributed by atoms with E-state index in [4.69, 9.17) is 5.21 Å². The molecule has 104 valence electrons. The van der Waals surface area contributed by atoms with E-state index in [1.165, 1.54) is 11.3 Å². The van der Waals surface area contributed by atoms with Crippen molar-refractivity contribution in [1.82, 2.24) is 0 Å². The van der Waals surface area contributed by atoms with Crippen molar-refractivity contribution in [1.29, 1.82) is 0 Å². The van der Waals surface area contributed by atoms with Crippen molar-refractivity contribution >= 4 is 28.6 Å². The first-order chi connectivity index (χ1) is 9.65. The molecule has 2 aromatic rings. The number of hydrogen-bond donors (Lipinski definition) is 2. The van der Waals surface area contributed by atoms with Gasteiger partial charge in [0.2, 0.25) is 0 Å². The van der Waals surface area contributed by atoms with Crippen LogP contribution in [0.1, 0.15) is 34.6 Å². The van der Waals surface area contributed by atoms with Gasteiger partial charge in [-0.3, -0.25) is 4.79 Å². The minimum Gasteiger partial charge on any atom is -0.411 e. The highest BCUT2D eigenvalue weighted by Gasteiger charge is 2.12. The Labute approximate surface area is 121 Å². The van der Waals surface area contributed by atoms with Crippen LogP contribution in [0.25, 0.3) is 0 Å². The number of hydrogen-bond acceptors (Lipinski definition) is 4. The van der Waals surface area contributed by atoms with Crippen molar-refractivity contribution < 1.29 is 10.0 Å². The number of amides is 1. The van der Waals surface area contributed by atoms with Gasteiger partial charge in [0.15, 0.2) is 0 Å². The molecule has 5 heteroatoms. The van der Waals surface area contributed by atoms with Crippen LogP contribution in [0.5, 0.6) is 0 Å². The Hall–Kier alpha value is -2.14. The molecule has 1 amide bonds. The van der Waals surface area contributed by atoms with E-state index in [2.05, 4.69) is 10.5 Å². The molecule has 0 spiro atoms. The number of benzene rings is 1. The van der Waals surface area contributed by atoms with Crippen LogP contribution < -0.4 is 5.32 Å². The van der Waals surface area contributed by atoms with Gasteiger partial charge in [0, 0.05) is 11.3 Å². The fraction of sp³-hybridized carbons (Fsp3) is 0.200. The molecule has 0 unspecified atom stereocenters. The van der Waals surface area contributed by atoms with Gasteiger partial charge in [0.05, 0.1) is 10.6 Å². The van der Waals surface area contributed by atoms with Gasteiger partial charge < -0.3 is 10.5 Å². The number of thiophene rings is 1. The van der Waals surface area contributed by atoms with Gasteiger partial charge in [-0.2, -0.15) is 0 Å². The molecule has 0 radical (unpaired) electrons. The molecular formula is C15H16N2O2S. The Morgan fingerprint density at radius 2 is 2.20 bits per heavy atom. The summed E-state index contributed by atoms with van der Waals surface area (Å²) in [6, 6.07) is 9.21. The van der Waals surface area contributed by atoms with Gasteiger partial charge in [-0.05, 0) is 42.5 Å². The van der Waals surface area contributed by atoms with Gasteiger partial charge in [-0.15, -0.1) is 11.3 Å². The van der Waals surface area contributed by atoms with Gasteiger partial charge >= 0.3 is 0 Å². The normalized spacial score (nSPS) is 11.4. The summed E-state index contributed by atoms with van der Waals surface area (Å²) in [6.07, 6.45) is 0.836. The summed E-state index contributed by atoms with van der Waals surface area (Å²) < 4.78 is 0. The lowest BCUT2D eigenvalue weighted by Gasteiger charge is -2.07. The molecule has 0 saturated heterocycles. The second-order valence-electron chi connectivity index (χ2n) is 4.35. The zero-order chi connectivity index (χ0) is 14.5. The summed E-state index contributed by atoms with van der Waals surface area (Å²) in [6.45, 7) is 3.73. The lowest BCUT2D eigenvalue weighted by molar-refractivity contribution is 0.103. The maximum absolute atomic E-state index is 12.2. The van der Waals surface area contributed by atoms with E-state index < -0.39 is 0 Å². The third-order valence-electron chi connectivity index (χ3n) is 3.02. The molecule has 0 saturated carbocycles. The van der Waals surface area contributed by atoms with E-state index in [1.54, 1.807) is 13.0 Å². The van der Waals surface area contributed by atoms with E-state index in [9.17, 15) is 4.79 Å². The predicted octanol–water partition coefficient (Wildman–Crippen LogP) is 3.76. The van der Waals surface area contributed by atoms with Gasteiger partial charge in [0.1, 0.15) is 0 Å². The fourth-order valence-corrected chi connectivity index (χ4v) is 2.77. The first kappa shape index (κ1) is 14.3. The summed E-state index contributed by atoms with van der Waals surface area (Å²) in [4.78, 5) is 13.0. The summed E-state index contributed by atoms with van der Waals surface area (Å²) in [5, 5.41) is 16.7. The van der Waals surface area contributed by atoms with Crippen LogP contribution in [0.3, 0.4) is 0 Å². The lowest BCUT2D eigenvalue weighted by atomic mass is 10.1. The summed E-state index contributed by atoms with van der Waals surface area (Å²) in [5.41, 5.74) is 3.02. The molecule has 1 aromatic carbocycles. The largest absolute Gasteiger partial charge is 0.411 e. The SMILES string of the molecule is CCc1ccsc1C(=O)Nc1cccc(/C(C)=N/O)c1. The fourth-order valence-electron chi connectivity index (χ4n) is 1.88. The molecule has 0 fully saturated rings. The minimum absolute atomic E-state index is 0.104. The average molecular weight is 288 g/mol. The first-order valence-corrected chi connectivity index (χ1v) is 7.20. The van der Waals surface area contributed by atoms with Crippen molar-refractivity contribution in [3.05, 3.63) is 51.7 Å². The Morgan fingerprint density at radius 3 is 2.90 bits per heavy atom. The monoisotopic (exact) mass is 288 g/mol. The number of aryl methyl sites for hydroxylation is 1. The van der Waals surface area contributed by atoms with Crippen LogP contribution in [0, 0.1) is 0 Å². The molecule has 1 aromatic heterocycles. The minimum atomic E-state index is -0.104. The van der Waals surface area contributed by atoms with Crippen LogP contribution in [-0.2, 0) is 6.42 Å². The van der Waals surface area contributed by atoms with E-state index in [-0.39, 0.29) is 5.91 Å². The average Bonchev–Trinajstić information content (AvgIpc) is 2.95. The maximum atomic E-state index is 12.2. The van der Waals surface area contributed by atoms with Crippen molar-refractivity contribution in [2.24, 2.45) is 5.16 Å². The molecular weight excluding hydrogens is 272 g/mol. The highest BCUT2D eigenvalue weighted by atomic mass is 32.1. The second-order valence-corrected chi connectivity index (χ2v) is 5.26.